The van der Waals surface area contributed by atoms with Crippen molar-refractivity contribution in [3.8, 4) is 11.5 Å². The van der Waals surface area contributed by atoms with Crippen LogP contribution in [0.2, 0.25) is 0 Å². The molecule has 5 heteroatoms. The summed E-state index contributed by atoms with van der Waals surface area (Å²) in [6.07, 6.45) is 3.29. The van der Waals surface area contributed by atoms with Gasteiger partial charge in [-0.15, -0.1) is 0 Å². The maximum atomic E-state index is 13.7. The van der Waals surface area contributed by atoms with Gasteiger partial charge in [0.2, 0.25) is 6.79 Å². The second-order valence-electron chi connectivity index (χ2n) is 2.97. The van der Waals surface area contributed by atoms with Gasteiger partial charge in [-0.25, -0.2) is 4.39 Å². The zero-order valence-corrected chi connectivity index (χ0v) is 9.38. The van der Waals surface area contributed by atoms with Crippen LogP contribution in [0.3, 0.4) is 0 Å². The molecule has 15 heavy (non-hydrogen) atoms. The van der Waals surface area contributed by atoms with Gasteiger partial charge in [0.05, 0.1) is 4.47 Å². The van der Waals surface area contributed by atoms with Crippen molar-refractivity contribution < 1.29 is 13.9 Å². The minimum Gasteiger partial charge on any atom is -0.454 e. The first kappa shape index (κ1) is 10.4. The van der Waals surface area contributed by atoms with Crippen molar-refractivity contribution >= 4 is 22.0 Å². The molecule has 0 aromatic heterocycles. The van der Waals surface area contributed by atoms with E-state index in [4.69, 9.17) is 15.2 Å². The summed E-state index contributed by atoms with van der Waals surface area (Å²) in [5, 5.41) is 0. The van der Waals surface area contributed by atoms with Gasteiger partial charge in [-0.3, -0.25) is 0 Å². The van der Waals surface area contributed by atoms with Crippen LogP contribution in [0.5, 0.6) is 11.5 Å². The molecule has 0 fully saturated rings. The smallest absolute Gasteiger partial charge is 0.231 e. The minimum atomic E-state index is -0.371. The van der Waals surface area contributed by atoms with Crippen LogP contribution in [0.25, 0.3) is 6.08 Å². The van der Waals surface area contributed by atoms with E-state index >= 15 is 0 Å². The maximum absolute atomic E-state index is 13.7. The van der Waals surface area contributed by atoms with Gasteiger partial charge in [-0.05, 0) is 22.0 Å². The third-order valence-corrected chi connectivity index (χ3v) is 2.72. The second-order valence-corrected chi connectivity index (χ2v) is 3.76. The predicted molar refractivity (Wildman–Crippen MR) is 58.3 cm³/mol. The molecule has 1 aliphatic rings. The fourth-order valence-electron chi connectivity index (χ4n) is 1.31. The van der Waals surface area contributed by atoms with Crippen LogP contribution in [-0.4, -0.2) is 13.3 Å². The zero-order valence-electron chi connectivity index (χ0n) is 7.80. The number of nitrogens with two attached hydrogens (primary N) is 1. The average molecular weight is 274 g/mol. The van der Waals surface area contributed by atoms with Crippen LogP contribution in [0.15, 0.2) is 16.6 Å². The molecule has 3 nitrogen and oxygen atoms in total. The number of halogens is 2. The zero-order chi connectivity index (χ0) is 10.8. The van der Waals surface area contributed by atoms with Gasteiger partial charge in [-0.2, -0.15) is 0 Å². The van der Waals surface area contributed by atoms with E-state index in [9.17, 15) is 4.39 Å². The molecule has 1 aliphatic heterocycles. The van der Waals surface area contributed by atoms with Gasteiger partial charge < -0.3 is 15.2 Å². The molecule has 1 aromatic carbocycles. The molecule has 80 valence electrons. The molecular weight excluding hydrogens is 265 g/mol. The highest BCUT2D eigenvalue weighted by Crippen LogP contribution is 2.42. The van der Waals surface area contributed by atoms with Gasteiger partial charge in [0.15, 0.2) is 11.5 Å². The SMILES string of the molecule is NC/C=C/c1cc2c(c(Br)c1F)OCO2. The standard InChI is InChI=1S/C10H9BrFNO2/c11-8-9(12)6(2-1-3-13)4-7-10(8)15-5-14-7/h1-2,4H,3,5,13H2/b2-1+. The Labute approximate surface area is 94.8 Å². The Kier molecular flexibility index (Phi) is 2.93. The van der Waals surface area contributed by atoms with E-state index in [1.54, 1.807) is 18.2 Å². The Morgan fingerprint density at radius 2 is 2.33 bits per heavy atom. The molecule has 0 radical (unpaired) electrons. The Morgan fingerprint density at radius 1 is 1.53 bits per heavy atom. The van der Waals surface area contributed by atoms with Crippen LogP contribution in [0, 0.1) is 5.82 Å². The number of benzene rings is 1. The Balaban J connectivity index is 2.49. The molecule has 0 saturated heterocycles. The van der Waals surface area contributed by atoms with Crippen molar-refractivity contribution in [2.75, 3.05) is 13.3 Å². The molecule has 2 rings (SSSR count). The van der Waals surface area contributed by atoms with E-state index in [0.29, 0.717) is 23.6 Å². The Bertz CT molecular complexity index is 420. The number of rotatable bonds is 2. The van der Waals surface area contributed by atoms with E-state index in [0.717, 1.165) is 0 Å². The third-order valence-electron chi connectivity index (χ3n) is 2.01. The third kappa shape index (κ3) is 1.85. The van der Waals surface area contributed by atoms with Gasteiger partial charge in [-0.1, -0.05) is 12.2 Å². The molecule has 0 saturated carbocycles. The highest BCUT2D eigenvalue weighted by atomic mass is 79.9. The summed E-state index contributed by atoms with van der Waals surface area (Å²) in [4.78, 5) is 0. The molecule has 0 amide bonds. The lowest BCUT2D eigenvalue weighted by atomic mass is 10.1. The van der Waals surface area contributed by atoms with E-state index < -0.39 is 0 Å². The highest BCUT2D eigenvalue weighted by molar-refractivity contribution is 9.10. The Morgan fingerprint density at radius 3 is 3.07 bits per heavy atom. The molecular formula is C10H9BrFNO2. The largest absolute Gasteiger partial charge is 0.454 e. The molecule has 0 aliphatic carbocycles. The van der Waals surface area contributed by atoms with Crippen molar-refractivity contribution in [2.45, 2.75) is 0 Å². The van der Waals surface area contributed by atoms with E-state index in [1.165, 1.54) is 0 Å². The molecule has 0 unspecified atom stereocenters. The average Bonchev–Trinajstić information content (AvgIpc) is 2.69. The molecule has 0 bridgehead atoms. The maximum Gasteiger partial charge on any atom is 0.231 e. The predicted octanol–water partition coefficient (Wildman–Crippen LogP) is 2.29. The normalized spacial score (nSPS) is 13.8. The summed E-state index contributed by atoms with van der Waals surface area (Å²) in [6.45, 7) is 0.489. The van der Waals surface area contributed by atoms with E-state index in [2.05, 4.69) is 15.9 Å². The number of ether oxygens (including phenoxy) is 2. The lowest BCUT2D eigenvalue weighted by Crippen LogP contribution is -1.93. The monoisotopic (exact) mass is 273 g/mol. The van der Waals surface area contributed by atoms with Gasteiger partial charge >= 0.3 is 0 Å². The first-order chi connectivity index (χ1) is 7.24. The molecule has 1 heterocycles. The van der Waals surface area contributed by atoms with Crippen LogP contribution in [0.4, 0.5) is 4.39 Å². The molecule has 1 aromatic rings. The summed E-state index contributed by atoms with van der Waals surface area (Å²) in [7, 11) is 0. The van der Waals surface area contributed by atoms with Crippen molar-refractivity contribution in [1.29, 1.82) is 0 Å². The number of hydrogen-bond acceptors (Lipinski definition) is 3. The second kappa shape index (κ2) is 4.20. The Hall–Kier alpha value is -1.07. The quantitative estimate of drug-likeness (QED) is 0.899. The van der Waals surface area contributed by atoms with Gasteiger partial charge in [0.25, 0.3) is 0 Å². The number of hydrogen-bond donors (Lipinski definition) is 1. The summed E-state index contributed by atoms with van der Waals surface area (Å²) in [5.41, 5.74) is 5.73. The molecule has 0 atom stereocenters. The van der Waals surface area contributed by atoms with E-state index in [1.807, 2.05) is 0 Å². The van der Waals surface area contributed by atoms with Gasteiger partial charge in [0, 0.05) is 12.1 Å². The fourth-order valence-corrected chi connectivity index (χ4v) is 1.85. The first-order valence-corrected chi connectivity index (χ1v) is 5.17. The van der Waals surface area contributed by atoms with E-state index in [-0.39, 0.29) is 17.1 Å². The van der Waals surface area contributed by atoms with Crippen LogP contribution >= 0.6 is 15.9 Å². The van der Waals surface area contributed by atoms with Crippen LogP contribution in [0.1, 0.15) is 5.56 Å². The minimum absolute atomic E-state index is 0.122. The summed E-state index contributed by atoms with van der Waals surface area (Å²) in [6, 6.07) is 1.59. The van der Waals surface area contributed by atoms with Crippen molar-refractivity contribution in [3.63, 3.8) is 0 Å². The van der Waals surface area contributed by atoms with Crippen LogP contribution < -0.4 is 15.2 Å². The van der Waals surface area contributed by atoms with Crippen LogP contribution in [-0.2, 0) is 0 Å². The first-order valence-electron chi connectivity index (χ1n) is 4.38. The van der Waals surface area contributed by atoms with Crippen molar-refractivity contribution in [1.82, 2.24) is 0 Å². The summed E-state index contributed by atoms with van der Waals surface area (Å²) >= 11 is 3.13. The van der Waals surface area contributed by atoms with Crippen molar-refractivity contribution in [3.05, 3.63) is 28.0 Å². The van der Waals surface area contributed by atoms with Gasteiger partial charge in [0.1, 0.15) is 5.82 Å². The topological polar surface area (TPSA) is 44.5 Å². The number of fused-ring (bicyclic) bond motifs is 1. The fraction of sp³-hybridized carbons (Fsp3) is 0.200. The molecule has 0 spiro atoms. The summed E-state index contributed by atoms with van der Waals surface area (Å²) < 4.78 is 24.3. The lowest BCUT2D eigenvalue weighted by molar-refractivity contribution is 0.173. The molecule has 2 N–H and O–H groups in total. The lowest BCUT2D eigenvalue weighted by Gasteiger charge is -2.04. The summed E-state index contributed by atoms with van der Waals surface area (Å²) in [5.74, 6) is 0.585. The highest BCUT2D eigenvalue weighted by Gasteiger charge is 2.22. The van der Waals surface area contributed by atoms with Crippen molar-refractivity contribution in [2.24, 2.45) is 5.73 Å².